The van der Waals surface area contributed by atoms with Crippen LogP contribution in [0.25, 0.3) is 0 Å². The highest BCUT2D eigenvalue weighted by atomic mass is 35.5. The zero-order valence-corrected chi connectivity index (χ0v) is 14.3. The first-order valence-corrected chi connectivity index (χ1v) is 8.14. The largest absolute Gasteiger partial charge is 0.454 e. The zero-order chi connectivity index (χ0) is 17.8. The van der Waals surface area contributed by atoms with Crippen LogP contribution in [0.2, 0.25) is 5.02 Å². The van der Waals surface area contributed by atoms with E-state index in [1.54, 1.807) is 24.3 Å². The van der Waals surface area contributed by atoms with Gasteiger partial charge in [0.1, 0.15) is 0 Å². The van der Waals surface area contributed by atoms with Crippen LogP contribution in [0.1, 0.15) is 28.9 Å². The maximum Gasteiger partial charge on any atom is 0.251 e. The molecule has 1 aliphatic heterocycles. The molecule has 130 valence electrons. The maximum absolute atomic E-state index is 12.2. The lowest BCUT2D eigenvalue weighted by atomic mass is 10.1. The van der Waals surface area contributed by atoms with Crippen molar-refractivity contribution < 1.29 is 19.1 Å². The Morgan fingerprint density at radius 2 is 1.92 bits per heavy atom. The van der Waals surface area contributed by atoms with Gasteiger partial charge in [0.05, 0.1) is 12.6 Å². The van der Waals surface area contributed by atoms with Gasteiger partial charge in [-0.25, -0.2) is 0 Å². The van der Waals surface area contributed by atoms with Crippen LogP contribution in [0, 0.1) is 0 Å². The summed E-state index contributed by atoms with van der Waals surface area (Å²) in [7, 11) is 0. The van der Waals surface area contributed by atoms with Gasteiger partial charge in [-0.1, -0.05) is 29.8 Å². The van der Waals surface area contributed by atoms with Gasteiger partial charge in [0.25, 0.3) is 5.91 Å². The second-order valence-corrected chi connectivity index (χ2v) is 5.97. The molecular weight excluding hydrogens is 344 g/mol. The standard InChI is InChI=1S/C18H17ClN2O4/c1-11(13-4-2-3-5-14(13)19)21-17(22)9-20-18(23)12-6-7-15-16(8-12)25-10-24-15/h2-8,11H,9-10H2,1H3,(H,20,23)(H,21,22). The fourth-order valence-corrected chi connectivity index (χ4v) is 2.80. The predicted octanol–water partition coefficient (Wildman–Crippen LogP) is 2.68. The molecule has 0 spiro atoms. The van der Waals surface area contributed by atoms with E-state index in [4.69, 9.17) is 21.1 Å². The van der Waals surface area contributed by atoms with Gasteiger partial charge in [0.2, 0.25) is 12.7 Å². The summed E-state index contributed by atoms with van der Waals surface area (Å²) in [5.41, 5.74) is 1.22. The van der Waals surface area contributed by atoms with E-state index in [9.17, 15) is 9.59 Å². The summed E-state index contributed by atoms with van der Waals surface area (Å²) in [5, 5.41) is 5.97. The Labute approximate surface area is 150 Å². The molecule has 1 aliphatic rings. The summed E-state index contributed by atoms with van der Waals surface area (Å²) in [5.74, 6) is 0.452. The van der Waals surface area contributed by atoms with E-state index in [2.05, 4.69) is 10.6 Å². The molecule has 2 aromatic rings. The number of carbonyl (C=O) groups is 2. The maximum atomic E-state index is 12.2. The van der Waals surface area contributed by atoms with Crippen LogP contribution in [0.5, 0.6) is 11.5 Å². The molecule has 0 saturated carbocycles. The Bertz CT molecular complexity index is 809. The van der Waals surface area contributed by atoms with Gasteiger partial charge < -0.3 is 20.1 Å². The van der Waals surface area contributed by atoms with Gasteiger partial charge in [-0.2, -0.15) is 0 Å². The highest BCUT2D eigenvalue weighted by Gasteiger charge is 2.17. The molecule has 0 aliphatic carbocycles. The second kappa shape index (κ2) is 7.44. The van der Waals surface area contributed by atoms with E-state index >= 15 is 0 Å². The number of hydrogen-bond donors (Lipinski definition) is 2. The Morgan fingerprint density at radius 1 is 1.16 bits per heavy atom. The van der Waals surface area contributed by atoms with Gasteiger partial charge >= 0.3 is 0 Å². The molecule has 2 amide bonds. The van der Waals surface area contributed by atoms with Gasteiger partial charge in [0.15, 0.2) is 11.5 Å². The number of halogens is 1. The molecule has 1 heterocycles. The van der Waals surface area contributed by atoms with E-state index < -0.39 is 0 Å². The minimum Gasteiger partial charge on any atom is -0.454 e. The first-order valence-electron chi connectivity index (χ1n) is 7.76. The molecule has 2 N–H and O–H groups in total. The van der Waals surface area contributed by atoms with Crippen molar-refractivity contribution in [2.75, 3.05) is 13.3 Å². The summed E-state index contributed by atoms with van der Waals surface area (Å²) < 4.78 is 10.4. The van der Waals surface area contributed by atoms with Gasteiger partial charge in [-0.15, -0.1) is 0 Å². The lowest BCUT2D eigenvalue weighted by molar-refractivity contribution is -0.120. The average molecular weight is 361 g/mol. The molecule has 1 unspecified atom stereocenters. The predicted molar refractivity (Wildman–Crippen MR) is 92.9 cm³/mol. The number of rotatable bonds is 5. The van der Waals surface area contributed by atoms with E-state index in [1.807, 2.05) is 25.1 Å². The molecule has 7 heteroatoms. The summed E-state index contributed by atoms with van der Waals surface area (Å²) >= 11 is 6.11. The molecule has 0 saturated heterocycles. The molecule has 0 aromatic heterocycles. The number of fused-ring (bicyclic) bond motifs is 1. The summed E-state index contributed by atoms with van der Waals surface area (Å²) in [6, 6.07) is 11.9. The molecule has 0 fully saturated rings. The molecule has 1 atom stereocenters. The van der Waals surface area contributed by atoms with E-state index in [-0.39, 0.29) is 31.2 Å². The van der Waals surface area contributed by atoms with Crippen molar-refractivity contribution >= 4 is 23.4 Å². The Balaban J connectivity index is 1.53. The first-order chi connectivity index (χ1) is 12.0. The van der Waals surface area contributed by atoms with Crippen molar-refractivity contribution in [3.63, 3.8) is 0 Å². The number of nitrogens with one attached hydrogen (secondary N) is 2. The fourth-order valence-electron chi connectivity index (χ4n) is 2.50. The minimum absolute atomic E-state index is 0.137. The topological polar surface area (TPSA) is 76.7 Å². The number of hydrogen-bond acceptors (Lipinski definition) is 4. The van der Waals surface area contributed by atoms with Gasteiger partial charge in [0, 0.05) is 10.6 Å². The quantitative estimate of drug-likeness (QED) is 0.859. The van der Waals surface area contributed by atoms with E-state index in [1.165, 1.54) is 0 Å². The lowest BCUT2D eigenvalue weighted by Crippen LogP contribution is -2.38. The van der Waals surface area contributed by atoms with Crippen LogP contribution in [0.4, 0.5) is 0 Å². The van der Waals surface area contributed by atoms with Gasteiger partial charge in [-0.3, -0.25) is 9.59 Å². The number of carbonyl (C=O) groups excluding carboxylic acids is 2. The van der Waals surface area contributed by atoms with Crippen molar-refractivity contribution in [2.24, 2.45) is 0 Å². The van der Waals surface area contributed by atoms with Crippen LogP contribution >= 0.6 is 11.6 Å². The van der Waals surface area contributed by atoms with E-state index in [0.29, 0.717) is 22.1 Å². The number of amides is 2. The number of ether oxygens (including phenoxy) is 2. The molecule has 25 heavy (non-hydrogen) atoms. The molecular formula is C18H17ClN2O4. The fraction of sp³-hybridized carbons (Fsp3) is 0.222. The summed E-state index contributed by atoms with van der Waals surface area (Å²) in [4.78, 5) is 24.2. The van der Waals surface area contributed by atoms with Crippen LogP contribution in [0.3, 0.4) is 0 Å². The smallest absolute Gasteiger partial charge is 0.251 e. The van der Waals surface area contributed by atoms with Crippen LogP contribution < -0.4 is 20.1 Å². The Morgan fingerprint density at radius 3 is 2.72 bits per heavy atom. The molecule has 2 aromatic carbocycles. The van der Waals surface area contributed by atoms with Crippen LogP contribution in [0.15, 0.2) is 42.5 Å². The van der Waals surface area contributed by atoms with Crippen molar-refractivity contribution in [2.45, 2.75) is 13.0 Å². The third-order valence-electron chi connectivity index (χ3n) is 3.79. The van der Waals surface area contributed by atoms with Crippen molar-refractivity contribution in [3.8, 4) is 11.5 Å². The SMILES string of the molecule is CC(NC(=O)CNC(=O)c1ccc2c(c1)OCO2)c1ccccc1Cl. The summed E-state index contributed by atoms with van der Waals surface area (Å²) in [6.07, 6.45) is 0. The Kier molecular flexibility index (Phi) is 5.09. The average Bonchev–Trinajstić information content (AvgIpc) is 3.07. The lowest BCUT2D eigenvalue weighted by Gasteiger charge is -2.16. The second-order valence-electron chi connectivity index (χ2n) is 5.56. The molecule has 0 bridgehead atoms. The highest BCUT2D eigenvalue weighted by Crippen LogP contribution is 2.32. The van der Waals surface area contributed by atoms with Crippen molar-refractivity contribution in [1.29, 1.82) is 0 Å². The van der Waals surface area contributed by atoms with Gasteiger partial charge in [-0.05, 0) is 36.8 Å². The third kappa shape index (κ3) is 4.03. The first kappa shape index (κ1) is 17.1. The number of benzene rings is 2. The minimum atomic E-state index is -0.362. The molecule has 0 radical (unpaired) electrons. The third-order valence-corrected chi connectivity index (χ3v) is 4.14. The molecule has 3 rings (SSSR count). The van der Waals surface area contributed by atoms with Crippen LogP contribution in [-0.2, 0) is 4.79 Å². The van der Waals surface area contributed by atoms with Crippen molar-refractivity contribution in [3.05, 3.63) is 58.6 Å². The highest BCUT2D eigenvalue weighted by molar-refractivity contribution is 6.31. The zero-order valence-electron chi connectivity index (χ0n) is 13.5. The normalized spacial score (nSPS) is 13.2. The van der Waals surface area contributed by atoms with E-state index in [0.717, 1.165) is 5.56 Å². The molecule has 6 nitrogen and oxygen atoms in total. The Hall–Kier alpha value is -2.73. The van der Waals surface area contributed by atoms with Crippen molar-refractivity contribution in [1.82, 2.24) is 10.6 Å². The van der Waals surface area contributed by atoms with Crippen LogP contribution in [-0.4, -0.2) is 25.2 Å². The monoisotopic (exact) mass is 360 g/mol. The summed E-state index contributed by atoms with van der Waals surface area (Å²) in [6.45, 7) is 1.84.